The zero-order chi connectivity index (χ0) is 17.1. The number of hydrogen-bond acceptors (Lipinski definition) is 3. The summed E-state index contributed by atoms with van der Waals surface area (Å²) < 4.78 is 5.24. The molecule has 0 radical (unpaired) electrons. The van der Waals surface area contributed by atoms with Gasteiger partial charge < -0.3 is 10.1 Å². The number of anilines is 1. The van der Waals surface area contributed by atoms with Crippen LogP contribution in [0.25, 0.3) is 10.8 Å². The van der Waals surface area contributed by atoms with E-state index in [1.165, 1.54) is 0 Å². The van der Waals surface area contributed by atoms with Crippen LogP contribution in [0.4, 0.5) is 5.82 Å². The fraction of sp³-hybridized carbons (Fsp3) is 0.200. The summed E-state index contributed by atoms with van der Waals surface area (Å²) in [6, 6.07) is 15.7. The molecule has 24 heavy (non-hydrogen) atoms. The van der Waals surface area contributed by atoms with Crippen LogP contribution in [-0.2, 0) is 4.79 Å². The van der Waals surface area contributed by atoms with Gasteiger partial charge in [-0.2, -0.15) is 0 Å². The molecule has 1 amide bonds. The number of carbonyl (C=O) groups is 1. The van der Waals surface area contributed by atoms with Crippen LogP contribution in [0.2, 0.25) is 0 Å². The fourth-order valence-electron chi connectivity index (χ4n) is 2.57. The number of benzene rings is 2. The number of nitrogens with one attached hydrogen (secondary N) is 1. The van der Waals surface area contributed by atoms with E-state index in [1.54, 1.807) is 13.3 Å². The Labute approximate surface area is 141 Å². The zero-order valence-corrected chi connectivity index (χ0v) is 14.0. The molecule has 4 nitrogen and oxygen atoms in total. The molecule has 0 saturated heterocycles. The molecule has 3 rings (SSSR count). The Morgan fingerprint density at radius 1 is 1.08 bits per heavy atom. The molecule has 0 saturated carbocycles. The van der Waals surface area contributed by atoms with Gasteiger partial charge in [0.25, 0.3) is 0 Å². The number of fused-ring (bicyclic) bond motifs is 1. The van der Waals surface area contributed by atoms with Crippen LogP contribution < -0.4 is 10.1 Å². The number of aryl methyl sites for hydroxylation is 1. The summed E-state index contributed by atoms with van der Waals surface area (Å²) in [5, 5.41) is 5.04. The first-order chi connectivity index (χ1) is 11.6. The highest BCUT2D eigenvalue weighted by Gasteiger charge is 2.16. The van der Waals surface area contributed by atoms with Gasteiger partial charge in [-0.15, -0.1) is 0 Å². The molecule has 122 valence electrons. The predicted molar refractivity (Wildman–Crippen MR) is 96.5 cm³/mol. The molecule has 1 unspecified atom stereocenters. The molecule has 1 heterocycles. The molecular formula is C20H20N2O2. The van der Waals surface area contributed by atoms with Crippen LogP contribution in [0.1, 0.15) is 24.0 Å². The van der Waals surface area contributed by atoms with Gasteiger partial charge in [0.05, 0.1) is 13.0 Å². The molecule has 2 aromatic carbocycles. The molecule has 1 atom stereocenters. The Hall–Kier alpha value is -2.88. The van der Waals surface area contributed by atoms with E-state index in [9.17, 15) is 4.79 Å². The minimum absolute atomic E-state index is 0.0702. The van der Waals surface area contributed by atoms with Gasteiger partial charge in [-0.3, -0.25) is 4.79 Å². The van der Waals surface area contributed by atoms with Crippen LogP contribution in [-0.4, -0.2) is 18.0 Å². The van der Waals surface area contributed by atoms with Crippen molar-refractivity contribution in [1.82, 2.24) is 4.98 Å². The quantitative estimate of drug-likeness (QED) is 0.780. The van der Waals surface area contributed by atoms with Crippen LogP contribution in [0.15, 0.2) is 54.7 Å². The minimum Gasteiger partial charge on any atom is -0.497 e. The maximum Gasteiger partial charge on any atom is 0.232 e. The molecule has 0 fully saturated rings. The van der Waals surface area contributed by atoms with Gasteiger partial charge in [0.15, 0.2) is 0 Å². The highest BCUT2D eigenvalue weighted by Crippen LogP contribution is 2.25. The van der Waals surface area contributed by atoms with E-state index < -0.39 is 0 Å². The number of carbonyl (C=O) groups excluding carboxylic acids is 1. The summed E-state index contributed by atoms with van der Waals surface area (Å²) >= 11 is 0. The Morgan fingerprint density at radius 3 is 2.54 bits per heavy atom. The molecule has 0 aliphatic rings. The Morgan fingerprint density at radius 2 is 1.83 bits per heavy atom. The predicted octanol–water partition coefficient (Wildman–Crippen LogP) is 4.29. The minimum atomic E-state index is -0.264. The van der Waals surface area contributed by atoms with Gasteiger partial charge in [-0.05, 0) is 53.9 Å². The van der Waals surface area contributed by atoms with Gasteiger partial charge in [-0.25, -0.2) is 4.98 Å². The highest BCUT2D eigenvalue weighted by molar-refractivity contribution is 5.96. The molecular weight excluding hydrogens is 300 g/mol. The number of ether oxygens (including phenoxy) is 1. The van der Waals surface area contributed by atoms with Crippen molar-refractivity contribution in [2.45, 2.75) is 19.8 Å². The first kappa shape index (κ1) is 16.0. The van der Waals surface area contributed by atoms with Crippen molar-refractivity contribution >= 4 is 22.5 Å². The van der Waals surface area contributed by atoms with E-state index in [-0.39, 0.29) is 11.8 Å². The average molecular weight is 320 g/mol. The lowest BCUT2D eigenvalue weighted by molar-refractivity contribution is -0.117. The molecule has 0 spiro atoms. The first-order valence-electron chi connectivity index (χ1n) is 7.88. The third-order valence-electron chi connectivity index (χ3n) is 4.13. The summed E-state index contributed by atoms with van der Waals surface area (Å²) in [4.78, 5) is 16.7. The first-order valence-corrected chi connectivity index (χ1v) is 7.88. The average Bonchev–Trinajstić information content (AvgIpc) is 2.62. The van der Waals surface area contributed by atoms with Crippen LogP contribution >= 0.6 is 0 Å². The van der Waals surface area contributed by atoms with Crippen molar-refractivity contribution in [3.05, 3.63) is 65.9 Å². The van der Waals surface area contributed by atoms with E-state index in [0.717, 1.165) is 27.6 Å². The monoisotopic (exact) mass is 320 g/mol. The summed E-state index contributed by atoms with van der Waals surface area (Å²) in [5.74, 6) is 1.06. The van der Waals surface area contributed by atoms with E-state index in [1.807, 2.05) is 62.4 Å². The largest absolute Gasteiger partial charge is 0.497 e. The highest BCUT2D eigenvalue weighted by atomic mass is 16.5. The molecule has 0 aliphatic carbocycles. The van der Waals surface area contributed by atoms with E-state index in [2.05, 4.69) is 10.3 Å². The summed E-state index contributed by atoms with van der Waals surface area (Å²) in [7, 11) is 1.65. The summed E-state index contributed by atoms with van der Waals surface area (Å²) in [6.07, 6.45) is 1.74. The van der Waals surface area contributed by atoms with E-state index in [0.29, 0.717) is 5.82 Å². The SMILES string of the molecule is COc1ccc2cc(C(C)C(=O)Nc3ccc(C)cn3)ccc2c1. The van der Waals surface area contributed by atoms with Crippen LogP contribution in [0.3, 0.4) is 0 Å². The Kier molecular flexibility index (Phi) is 4.47. The second-order valence-electron chi connectivity index (χ2n) is 5.90. The van der Waals surface area contributed by atoms with Crippen LogP contribution in [0.5, 0.6) is 5.75 Å². The number of pyridine rings is 1. The smallest absolute Gasteiger partial charge is 0.232 e. The van der Waals surface area contributed by atoms with Crippen molar-refractivity contribution in [2.75, 3.05) is 12.4 Å². The lowest BCUT2D eigenvalue weighted by Gasteiger charge is -2.13. The number of rotatable bonds is 4. The standard InChI is InChI=1S/C20H20N2O2/c1-13-4-9-19(21-12-13)22-20(23)14(2)15-5-6-17-11-18(24-3)8-7-16(17)10-15/h4-12,14H,1-3H3,(H,21,22,23). The topological polar surface area (TPSA) is 51.2 Å². The third kappa shape index (κ3) is 3.38. The second kappa shape index (κ2) is 6.71. The number of methoxy groups -OCH3 is 1. The summed E-state index contributed by atoms with van der Waals surface area (Å²) in [6.45, 7) is 3.86. The molecule has 0 bridgehead atoms. The molecule has 1 N–H and O–H groups in total. The maximum absolute atomic E-state index is 12.5. The van der Waals surface area contributed by atoms with Crippen molar-refractivity contribution in [3.63, 3.8) is 0 Å². The number of nitrogens with zero attached hydrogens (tertiary/aromatic N) is 1. The molecule has 0 aliphatic heterocycles. The number of hydrogen-bond donors (Lipinski definition) is 1. The van der Waals surface area contributed by atoms with Crippen molar-refractivity contribution in [3.8, 4) is 5.75 Å². The molecule has 4 heteroatoms. The van der Waals surface area contributed by atoms with E-state index >= 15 is 0 Å². The zero-order valence-electron chi connectivity index (χ0n) is 14.0. The number of aromatic nitrogens is 1. The fourth-order valence-corrected chi connectivity index (χ4v) is 2.57. The van der Waals surface area contributed by atoms with E-state index in [4.69, 9.17) is 4.74 Å². The van der Waals surface area contributed by atoms with Gasteiger partial charge in [0, 0.05) is 6.20 Å². The lowest BCUT2D eigenvalue weighted by Crippen LogP contribution is -2.19. The Bertz CT molecular complexity index is 872. The normalized spacial score (nSPS) is 12.0. The maximum atomic E-state index is 12.5. The molecule has 1 aromatic heterocycles. The number of amides is 1. The van der Waals surface area contributed by atoms with Gasteiger partial charge in [0.1, 0.15) is 11.6 Å². The van der Waals surface area contributed by atoms with Crippen molar-refractivity contribution < 1.29 is 9.53 Å². The third-order valence-corrected chi connectivity index (χ3v) is 4.13. The molecule has 3 aromatic rings. The Balaban J connectivity index is 1.80. The summed E-state index contributed by atoms with van der Waals surface area (Å²) in [5.41, 5.74) is 2.03. The van der Waals surface area contributed by atoms with Crippen molar-refractivity contribution in [1.29, 1.82) is 0 Å². The van der Waals surface area contributed by atoms with Gasteiger partial charge in [0.2, 0.25) is 5.91 Å². The lowest BCUT2D eigenvalue weighted by atomic mass is 9.97. The van der Waals surface area contributed by atoms with Gasteiger partial charge in [-0.1, -0.05) is 30.3 Å². The van der Waals surface area contributed by atoms with Gasteiger partial charge >= 0.3 is 0 Å². The second-order valence-corrected chi connectivity index (χ2v) is 5.90. The van der Waals surface area contributed by atoms with Crippen LogP contribution in [0, 0.1) is 6.92 Å². The van der Waals surface area contributed by atoms with Crippen molar-refractivity contribution in [2.24, 2.45) is 0 Å².